The third kappa shape index (κ3) is 11.7. The second kappa shape index (κ2) is 17.4. The molecule has 0 saturated heterocycles. The fourth-order valence-electron chi connectivity index (χ4n) is 4.97. The summed E-state index contributed by atoms with van der Waals surface area (Å²) in [5.41, 5.74) is 4.37. The molecule has 3 heterocycles. The summed E-state index contributed by atoms with van der Waals surface area (Å²) in [7, 11) is -2.12. The molecule has 0 saturated carbocycles. The number of fused-ring (bicyclic) bond motifs is 1. The molecule has 53 heavy (non-hydrogen) atoms. The molecular formula is C40H64N6O4SSi2. The number of nitrogens with one attached hydrogen (secondary N) is 1. The van der Waals surface area contributed by atoms with Gasteiger partial charge < -0.3 is 18.3 Å². The van der Waals surface area contributed by atoms with Gasteiger partial charge in [0.2, 0.25) is 0 Å². The normalized spacial score (nSPS) is 13.8. The summed E-state index contributed by atoms with van der Waals surface area (Å²) >= 11 is 1.74. The first-order valence-corrected chi connectivity index (χ1v) is 25.4. The quantitative estimate of drug-likeness (QED) is 0.0632. The molecule has 0 bridgehead atoms. The fourth-order valence-corrected chi connectivity index (χ4v) is 7.73. The molecule has 0 radical (unpaired) electrons. The molecule has 1 atom stereocenters. The molecule has 0 aliphatic carbocycles. The first kappa shape index (κ1) is 43.1. The van der Waals surface area contributed by atoms with E-state index >= 15 is 0 Å². The van der Waals surface area contributed by atoms with E-state index in [4.69, 9.17) is 33.4 Å². The molecule has 4 aromatic rings. The van der Waals surface area contributed by atoms with E-state index in [1.54, 1.807) is 31.5 Å². The van der Waals surface area contributed by atoms with Gasteiger partial charge in [-0.05, 0) is 94.1 Å². The lowest BCUT2D eigenvalue weighted by molar-refractivity contribution is 0.147. The molecule has 13 heteroatoms. The summed E-state index contributed by atoms with van der Waals surface area (Å²) in [6.45, 7) is 31.3. The van der Waals surface area contributed by atoms with E-state index in [2.05, 4.69) is 122 Å². The van der Waals surface area contributed by atoms with Gasteiger partial charge in [0.1, 0.15) is 12.4 Å². The van der Waals surface area contributed by atoms with Crippen molar-refractivity contribution in [3.8, 4) is 22.8 Å². The average Bonchev–Trinajstić information content (AvgIpc) is 3.50. The van der Waals surface area contributed by atoms with E-state index in [1.165, 1.54) is 0 Å². The van der Waals surface area contributed by atoms with Crippen LogP contribution in [0.3, 0.4) is 0 Å². The molecule has 10 nitrogen and oxygen atoms in total. The predicted octanol–water partition coefficient (Wildman–Crippen LogP) is 10.3. The zero-order valence-electron chi connectivity index (χ0n) is 34.7. The van der Waals surface area contributed by atoms with E-state index in [1.807, 2.05) is 16.9 Å². The van der Waals surface area contributed by atoms with Crippen LogP contribution in [0.1, 0.15) is 92.6 Å². The molecule has 3 aromatic heterocycles. The summed E-state index contributed by atoms with van der Waals surface area (Å²) in [6.07, 6.45) is 7.16. The van der Waals surface area contributed by atoms with Crippen LogP contribution in [0, 0.1) is 0 Å². The third-order valence-corrected chi connectivity index (χ3v) is 20.3. The van der Waals surface area contributed by atoms with Gasteiger partial charge in [-0.2, -0.15) is 5.10 Å². The molecule has 0 fully saturated rings. The van der Waals surface area contributed by atoms with Gasteiger partial charge in [-0.1, -0.05) is 59.6 Å². The molecule has 1 aromatic carbocycles. The van der Waals surface area contributed by atoms with Crippen LogP contribution in [0.15, 0.2) is 48.9 Å². The van der Waals surface area contributed by atoms with Crippen LogP contribution in [-0.4, -0.2) is 73.0 Å². The highest BCUT2D eigenvalue weighted by Gasteiger charge is 2.38. The number of aromatic nitrogens is 5. The number of pyridine rings is 1. The van der Waals surface area contributed by atoms with Crippen molar-refractivity contribution in [3.05, 3.63) is 60.3 Å². The van der Waals surface area contributed by atoms with Gasteiger partial charge in [0, 0.05) is 24.0 Å². The van der Waals surface area contributed by atoms with Crippen LogP contribution < -0.4 is 9.46 Å². The minimum absolute atomic E-state index is 0.0421. The van der Waals surface area contributed by atoms with Crippen LogP contribution in [0.2, 0.25) is 36.3 Å². The summed E-state index contributed by atoms with van der Waals surface area (Å²) < 4.78 is 30.2. The Morgan fingerprint density at radius 1 is 0.830 bits per heavy atom. The number of hydrogen-bond acceptors (Lipinski definition) is 10. The van der Waals surface area contributed by atoms with Crippen molar-refractivity contribution >= 4 is 39.5 Å². The zero-order valence-corrected chi connectivity index (χ0v) is 37.5. The number of nitrogens with zero attached hydrogens (tertiary/aromatic N) is 5. The van der Waals surface area contributed by atoms with Crippen LogP contribution in [0.4, 0.5) is 0 Å². The number of rotatable bonds is 17. The SMILES string of the molecule is COCCOc1cc(-c2cccc([C@H](CCCO[Si](C)(C)C(C)(C)C)NSC(C)(C)C)n2)cc2c1cnn2-c1cncc(CO[Si](C)(C)C(C)(C)C)n1. The Bertz CT molecular complexity index is 1800. The Morgan fingerprint density at radius 2 is 1.53 bits per heavy atom. The molecule has 0 unspecified atom stereocenters. The van der Waals surface area contributed by atoms with Crippen molar-refractivity contribution in [2.75, 3.05) is 26.9 Å². The highest BCUT2D eigenvalue weighted by molar-refractivity contribution is 7.98. The minimum Gasteiger partial charge on any atom is -0.490 e. The van der Waals surface area contributed by atoms with Gasteiger partial charge in [0.25, 0.3) is 0 Å². The second-order valence-electron chi connectivity index (χ2n) is 17.8. The summed E-state index contributed by atoms with van der Waals surface area (Å²) in [5.74, 6) is 1.32. The Hall–Kier alpha value is -2.66. The number of ether oxygens (including phenoxy) is 2. The van der Waals surface area contributed by atoms with Crippen molar-refractivity contribution < 1.29 is 18.3 Å². The van der Waals surface area contributed by atoms with E-state index in [-0.39, 0.29) is 20.9 Å². The van der Waals surface area contributed by atoms with E-state index in [0.717, 1.165) is 53.0 Å². The average molecular weight is 781 g/mol. The zero-order chi connectivity index (χ0) is 39.2. The number of benzene rings is 1. The Kier molecular flexibility index (Phi) is 14.2. The van der Waals surface area contributed by atoms with Crippen LogP contribution in [-0.2, 0) is 20.2 Å². The molecule has 0 spiro atoms. The van der Waals surface area contributed by atoms with Crippen molar-refractivity contribution in [1.29, 1.82) is 0 Å². The van der Waals surface area contributed by atoms with Gasteiger partial charge in [-0.3, -0.25) is 14.7 Å². The van der Waals surface area contributed by atoms with Crippen molar-refractivity contribution in [2.24, 2.45) is 0 Å². The maximum Gasteiger partial charge on any atom is 0.192 e. The summed E-state index contributed by atoms with van der Waals surface area (Å²) in [6, 6.07) is 10.5. The Labute approximate surface area is 325 Å². The van der Waals surface area contributed by atoms with Gasteiger partial charge in [-0.15, -0.1) is 0 Å². The number of hydrogen-bond donors (Lipinski definition) is 1. The van der Waals surface area contributed by atoms with Crippen molar-refractivity contribution in [3.63, 3.8) is 0 Å². The van der Waals surface area contributed by atoms with Gasteiger partial charge in [0.05, 0.1) is 65.8 Å². The maximum atomic E-state index is 6.54. The predicted molar refractivity (Wildman–Crippen MR) is 225 cm³/mol. The Morgan fingerprint density at radius 3 is 2.19 bits per heavy atom. The first-order valence-electron chi connectivity index (χ1n) is 18.8. The van der Waals surface area contributed by atoms with E-state index in [9.17, 15) is 0 Å². The van der Waals surface area contributed by atoms with Gasteiger partial charge in [0.15, 0.2) is 22.5 Å². The topological polar surface area (TPSA) is 105 Å². The molecular weight excluding hydrogens is 717 g/mol. The smallest absolute Gasteiger partial charge is 0.192 e. The summed E-state index contributed by atoms with van der Waals surface area (Å²) in [4.78, 5) is 14.7. The maximum absolute atomic E-state index is 6.54. The van der Waals surface area contributed by atoms with Crippen LogP contribution >= 0.6 is 11.9 Å². The molecule has 0 aliphatic heterocycles. The second-order valence-corrected chi connectivity index (χ2v) is 29.1. The van der Waals surface area contributed by atoms with Crippen molar-refractivity contribution in [2.45, 2.75) is 129 Å². The standard InChI is InChI=1S/C40H64N6O4SSi2/c1-38(2,3)51-45-34(19-16-20-49-52(11,12)39(4,5)6)33-18-15-17-32(44-33)29-23-35-31(36(24-29)48-22-21-47-10)26-42-46(35)37-27-41-25-30(43-37)28-50-53(13,14)40(7,8)9/h15,17-18,23-27,34,45H,16,19-22,28H2,1-14H3/t34-/m0/s1. The minimum atomic E-state index is -1.97. The first-order chi connectivity index (χ1) is 24.6. The molecule has 0 amide bonds. The fraction of sp³-hybridized carbons (Fsp3) is 0.600. The molecule has 1 N–H and O–H groups in total. The lowest BCUT2D eigenvalue weighted by Crippen LogP contribution is -2.41. The van der Waals surface area contributed by atoms with E-state index < -0.39 is 16.6 Å². The van der Waals surface area contributed by atoms with Crippen LogP contribution in [0.25, 0.3) is 28.0 Å². The Balaban J connectivity index is 1.69. The molecule has 0 aliphatic rings. The number of methoxy groups -OCH3 is 1. The highest BCUT2D eigenvalue weighted by atomic mass is 32.2. The summed E-state index contributed by atoms with van der Waals surface area (Å²) in [5, 5.41) is 5.92. The lowest BCUT2D eigenvalue weighted by atomic mass is 10.0. The highest BCUT2D eigenvalue weighted by Crippen LogP contribution is 2.39. The largest absolute Gasteiger partial charge is 0.490 e. The van der Waals surface area contributed by atoms with Crippen molar-refractivity contribution in [1.82, 2.24) is 29.5 Å². The molecule has 292 valence electrons. The molecule has 4 rings (SSSR count). The third-order valence-electron chi connectivity index (χ3n) is 10.3. The lowest BCUT2D eigenvalue weighted by Gasteiger charge is -2.36. The van der Waals surface area contributed by atoms with Gasteiger partial charge >= 0.3 is 0 Å². The van der Waals surface area contributed by atoms with E-state index in [0.29, 0.717) is 31.4 Å². The van der Waals surface area contributed by atoms with Gasteiger partial charge in [-0.25, -0.2) is 9.67 Å². The monoisotopic (exact) mass is 780 g/mol. The van der Waals surface area contributed by atoms with Crippen LogP contribution in [0.5, 0.6) is 5.75 Å².